The van der Waals surface area contributed by atoms with Gasteiger partial charge in [-0.15, -0.1) is 0 Å². The molecule has 0 spiro atoms. The zero-order chi connectivity index (χ0) is 14.5. The van der Waals surface area contributed by atoms with E-state index in [-0.39, 0.29) is 0 Å². The molecule has 5 heteroatoms. The summed E-state index contributed by atoms with van der Waals surface area (Å²) in [6, 6.07) is 11.3. The number of hydrogen-bond donors (Lipinski definition) is 0. The van der Waals surface area contributed by atoms with Crippen LogP contribution in [0.25, 0.3) is 21.5 Å². The molecule has 0 saturated carbocycles. The van der Waals surface area contributed by atoms with Crippen LogP contribution >= 0.6 is 23.2 Å². The maximum atomic E-state index is 12.8. The molecule has 3 rings (SSSR count). The van der Waals surface area contributed by atoms with E-state index in [2.05, 4.69) is 6.07 Å². The van der Waals surface area contributed by atoms with E-state index in [1.165, 1.54) is 6.07 Å². The predicted molar refractivity (Wildman–Crippen MR) is 75.3 cm³/mol. The SMILES string of the molecule is FC(F)(F)c1ccc2[c]cc3c(Cl)cc(Cl)cc3c2c1. The number of fused-ring (bicyclic) bond motifs is 3. The Hall–Kier alpha value is -1.45. The second-order valence-electron chi connectivity index (χ2n) is 4.40. The van der Waals surface area contributed by atoms with E-state index in [9.17, 15) is 13.2 Å². The topological polar surface area (TPSA) is 0 Å². The van der Waals surface area contributed by atoms with Crippen LogP contribution in [0.2, 0.25) is 10.0 Å². The van der Waals surface area contributed by atoms with E-state index >= 15 is 0 Å². The van der Waals surface area contributed by atoms with Gasteiger partial charge in [0.15, 0.2) is 0 Å². The fraction of sp³-hybridized carbons (Fsp3) is 0.0667. The highest BCUT2D eigenvalue weighted by molar-refractivity contribution is 6.39. The van der Waals surface area contributed by atoms with Crippen molar-refractivity contribution in [1.29, 1.82) is 0 Å². The Bertz CT molecular complexity index is 823. The van der Waals surface area contributed by atoms with Crippen LogP contribution in [-0.2, 0) is 6.18 Å². The number of halogens is 5. The van der Waals surface area contributed by atoms with E-state index in [4.69, 9.17) is 23.2 Å². The van der Waals surface area contributed by atoms with Crippen molar-refractivity contribution >= 4 is 44.7 Å². The smallest absolute Gasteiger partial charge is 0.166 e. The minimum atomic E-state index is -4.39. The van der Waals surface area contributed by atoms with Gasteiger partial charge >= 0.3 is 6.18 Å². The molecule has 0 aliphatic rings. The molecule has 0 bridgehead atoms. The van der Waals surface area contributed by atoms with E-state index in [0.29, 0.717) is 31.6 Å². The highest BCUT2D eigenvalue weighted by Crippen LogP contribution is 2.36. The lowest BCUT2D eigenvalue weighted by atomic mass is 10.00. The molecule has 20 heavy (non-hydrogen) atoms. The van der Waals surface area contributed by atoms with Crippen LogP contribution < -0.4 is 0 Å². The van der Waals surface area contributed by atoms with Gasteiger partial charge in [-0.3, -0.25) is 0 Å². The van der Waals surface area contributed by atoms with Crippen molar-refractivity contribution in [2.24, 2.45) is 0 Å². The molecule has 1 radical (unpaired) electrons. The number of rotatable bonds is 0. The summed E-state index contributed by atoms with van der Waals surface area (Å²) in [5, 5.41) is 3.01. The molecule has 0 atom stereocenters. The Morgan fingerprint density at radius 1 is 0.900 bits per heavy atom. The monoisotopic (exact) mass is 313 g/mol. The van der Waals surface area contributed by atoms with Crippen molar-refractivity contribution in [3.05, 3.63) is 58.1 Å². The fourth-order valence-electron chi connectivity index (χ4n) is 2.17. The Balaban J connectivity index is 2.45. The molecule has 0 nitrogen and oxygen atoms in total. The average molecular weight is 314 g/mol. The Kier molecular flexibility index (Phi) is 3.07. The molecule has 3 aromatic rings. The van der Waals surface area contributed by atoms with Gasteiger partial charge in [0.25, 0.3) is 0 Å². The van der Waals surface area contributed by atoms with E-state index in [1.807, 2.05) is 0 Å². The summed E-state index contributed by atoms with van der Waals surface area (Å²) in [6.45, 7) is 0. The second-order valence-corrected chi connectivity index (χ2v) is 5.24. The van der Waals surface area contributed by atoms with Gasteiger partial charge < -0.3 is 0 Å². The minimum absolute atomic E-state index is 0.382. The van der Waals surface area contributed by atoms with E-state index in [0.717, 1.165) is 12.1 Å². The highest BCUT2D eigenvalue weighted by atomic mass is 35.5. The quantitative estimate of drug-likeness (QED) is 0.439. The first kappa shape index (κ1) is 13.5. The zero-order valence-corrected chi connectivity index (χ0v) is 11.4. The molecule has 0 N–H and O–H groups in total. The highest BCUT2D eigenvalue weighted by Gasteiger charge is 2.30. The summed E-state index contributed by atoms with van der Waals surface area (Å²) in [6.07, 6.45) is -4.39. The summed E-state index contributed by atoms with van der Waals surface area (Å²) in [5.74, 6) is 0. The van der Waals surface area contributed by atoms with Crippen LogP contribution in [0.1, 0.15) is 5.56 Å². The van der Waals surface area contributed by atoms with E-state index in [1.54, 1.807) is 18.2 Å². The van der Waals surface area contributed by atoms with Gasteiger partial charge in [0.05, 0.1) is 5.56 Å². The second kappa shape index (κ2) is 4.54. The lowest BCUT2D eigenvalue weighted by Crippen LogP contribution is -2.04. The van der Waals surface area contributed by atoms with Gasteiger partial charge in [-0.1, -0.05) is 29.3 Å². The molecule has 0 heterocycles. The minimum Gasteiger partial charge on any atom is -0.166 e. The van der Waals surface area contributed by atoms with Gasteiger partial charge in [0.2, 0.25) is 0 Å². The van der Waals surface area contributed by atoms with Crippen molar-refractivity contribution in [2.75, 3.05) is 0 Å². The Morgan fingerprint density at radius 3 is 2.35 bits per heavy atom. The first-order chi connectivity index (χ1) is 9.36. The molecule has 0 saturated heterocycles. The number of benzene rings is 3. The van der Waals surface area contributed by atoms with Crippen molar-refractivity contribution in [3.63, 3.8) is 0 Å². The third-order valence-electron chi connectivity index (χ3n) is 3.10. The maximum Gasteiger partial charge on any atom is 0.416 e. The average Bonchev–Trinajstić information content (AvgIpc) is 2.36. The van der Waals surface area contributed by atoms with Crippen molar-refractivity contribution in [2.45, 2.75) is 6.18 Å². The lowest BCUT2D eigenvalue weighted by molar-refractivity contribution is -0.137. The zero-order valence-electron chi connectivity index (χ0n) is 9.85. The molecule has 0 aliphatic heterocycles. The number of alkyl halides is 3. The van der Waals surface area contributed by atoms with Gasteiger partial charge in [0, 0.05) is 15.4 Å². The molecule has 3 aromatic carbocycles. The maximum absolute atomic E-state index is 12.8. The Labute approximate surface area is 122 Å². The van der Waals surface area contributed by atoms with Crippen LogP contribution in [0.5, 0.6) is 0 Å². The summed E-state index contributed by atoms with van der Waals surface area (Å²) >= 11 is 12.0. The predicted octanol–water partition coefficient (Wildman–Crippen LogP) is 6.12. The molecule has 0 unspecified atom stereocenters. The van der Waals surface area contributed by atoms with Crippen LogP contribution in [0, 0.1) is 6.07 Å². The van der Waals surface area contributed by atoms with Crippen molar-refractivity contribution in [3.8, 4) is 0 Å². The lowest BCUT2D eigenvalue weighted by Gasteiger charge is -2.10. The van der Waals surface area contributed by atoms with Gasteiger partial charge in [0.1, 0.15) is 0 Å². The first-order valence-corrected chi connectivity index (χ1v) is 6.42. The molecular weight excluding hydrogens is 308 g/mol. The molecule has 101 valence electrons. The normalized spacial score (nSPS) is 12.2. The standard InChI is InChI=1S/C15H6Cl2F3/c16-10-6-13-11(14(17)7-10)4-2-8-1-3-9(5-12(8)13)15(18,19)20/h1,3-7H. The molecule has 0 amide bonds. The molecular formula is C15H6Cl2F3. The third-order valence-corrected chi connectivity index (χ3v) is 3.63. The summed E-state index contributed by atoms with van der Waals surface area (Å²) in [7, 11) is 0. The molecule has 0 aliphatic carbocycles. The third kappa shape index (κ3) is 2.21. The fourth-order valence-corrected chi connectivity index (χ4v) is 2.72. The largest absolute Gasteiger partial charge is 0.416 e. The van der Waals surface area contributed by atoms with Gasteiger partial charge in [-0.25, -0.2) is 0 Å². The van der Waals surface area contributed by atoms with Crippen LogP contribution in [-0.4, -0.2) is 0 Å². The van der Waals surface area contributed by atoms with Crippen molar-refractivity contribution in [1.82, 2.24) is 0 Å². The molecule has 0 aromatic heterocycles. The number of hydrogen-bond acceptors (Lipinski definition) is 0. The summed E-state index contributed by atoms with van der Waals surface area (Å²) in [4.78, 5) is 0. The van der Waals surface area contributed by atoms with Crippen LogP contribution in [0.15, 0.2) is 36.4 Å². The Morgan fingerprint density at radius 2 is 1.65 bits per heavy atom. The van der Waals surface area contributed by atoms with Gasteiger partial charge in [-0.2, -0.15) is 13.2 Å². The van der Waals surface area contributed by atoms with Crippen LogP contribution in [0.4, 0.5) is 13.2 Å². The first-order valence-electron chi connectivity index (χ1n) is 5.66. The van der Waals surface area contributed by atoms with Crippen LogP contribution in [0.3, 0.4) is 0 Å². The summed E-state index contributed by atoms with van der Waals surface area (Å²) < 4.78 is 38.4. The molecule has 0 fully saturated rings. The summed E-state index contributed by atoms with van der Waals surface area (Å²) in [5.41, 5.74) is -0.706. The van der Waals surface area contributed by atoms with Crippen molar-refractivity contribution < 1.29 is 13.2 Å². The van der Waals surface area contributed by atoms with E-state index < -0.39 is 11.7 Å². The van der Waals surface area contributed by atoms with Gasteiger partial charge in [-0.05, 0) is 52.6 Å².